The van der Waals surface area contributed by atoms with E-state index in [0.29, 0.717) is 28.3 Å². The number of halogens is 1. The number of nitrogens with two attached hydrogens (primary N) is 2. The highest BCUT2D eigenvalue weighted by Gasteiger charge is 2.10. The molecule has 0 fully saturated rings. The van der Waals surface area contributed by atoms with E-state index < -0.39 is 0 Å². The first-order valence-corrected chi connectivity index (χ1v) is 6.36. The first-order valence-electron chi connectivity index (χ1n) is 5.99. The van der Waals surface area contributed by atoms with Crippen LogP contribution in [0.25, 0.3) is 10.8 Å². The molecule has 0 saturated heterocycles. The van der Waals surface area contributed by atoms with Crippen molar-refractivity contribution >= 4 is 40.1 Å². The zero-order valence-electron chi connectivity index (χ0n) is 10.9. The Kier molecular flexibility index (Phi) is 4.05. The lowest BCUT2D eigenvalue weighted by Crippen LogP contribution is -2.22. The molecule has 0 aliphatic rings. The summed E-state index contributed by atoms with van der Waals surface area (Å²) < 4.78 is 0. The van der Waals surface area contributed by atoms with Gasteiger partial charge in [-0.1, -0.05) is 17.7 Å². The molecule has 1 aromatic heterocycles. The molecular weight excluding hydrogens is 278 g/mol. The van der Waals surface area contributed by atoms with Crippen LogP contribution in [0.4, 0.5) is 5.82 Å². The number of amides is 1. The van der Waals surface area contributed by atoms with Gasteiger partial charge in [-0.05, 0) is 19.1 Å². The van der Waals surface area contributed by atoms with Crippen LogP contribution < -0.4 is 16.8 Å². The summed E-state index contributed by atoms with van der Waals surface area (Å²) in [4.78, 5) is 19.9. The van der Waals surface area contributed by atoms with Crippen molar-refractivity contribution in [3.63, 3.8) is 0 Å². The summed E-state index contributed by atoms with van der Waals surface area (Å²) in [7, 11) is 0. The molecule has 0 bridgehead atoms. The van der Waals surface area contributed by atoms with Crippen LogP contribution in [0.15, 0.2) is 29.4 Å². The highest BCUT2D eigenvalue weighted by molar-refractivity contribution is 6.35. The summed E-state index contributed by atoms with van der Waals surface area (Å²) in [5, 5.41) is 4.54. The maximum Gasteiger partial charge on any atom is 0.251 e. The molecule has 0 spiro atoms. The van der Waals surface area contributed by atoms with Crippen LogP contribution in [0.2, 0.25) is 5.02 Å². The lowest BCUT2D eigenvalue weighted by atomic mass is 10.1. The molecule has 1 aromatic carbocycles. The zero-order valence-corrected chi connectivity index (χ0v) is 11.6. The minimum Gasteiger partial charge on any atom is -0.370 e. The van der Waals surface area contributed by atoms with E-state index in [1.165, 1.54) is 6.20 Å². The second kappa shape index (κ2) is 5.75. The quantitative estimate of drug-likeness (QED) is 0.589. The predicted octanol–water partition coefficient (Wildman–Crippen LogP) is 1.54. The normalized spacial score (nSPS) is 10.3. The average molecular weight is 292 g/mol. The van der Waals surface area contributed by atoms with Crippen molar-refractivity contribution in [2.75, 3.05) is 6.54 Å². The maximum absolute atomic E-state index is 11.9. The monoisotopic (exact) mass is 291 g/mol. The van der Waals surface area contributed by atoms with Gasteiger partial charge >= 0.3 is 0 Å². The van der Waals surface area contributed by atoms with E-state index in [1.54, 1.807) is 18.2 Å². The fourth-order valence-electron chi connectivity index (χ4n) is 1.81. The largest absolute Gasteiger partial charge is 0.370 e. The molecule has 0 unspecified atom stereocenters. The summed E-state index contributed by atoms with van der Waals surface area (Å²) in [6.07, 6.45) is 1.47. The van der Waals surface area contributed by atoms with E-state index >= 15 is 0 Å². The van der Waals surface area contributed by atoms with Gasteiger partial charge in [0.1, 0.15) is 0 Å². The van der Waals surface area contributed by atoms with Crippen LogP contribution in [0.3, 0.4) is 0 Å². The van der Waals surface area contributed by atoms with Crippen molar-refractivity contribution in [2.24, 2.45) is 16.5 Å². The van der Waals surface area contributed by atoms with E-state index in [4.69, 9.17) is 23.1 Å². The standard InChI is InChI=1S/C13H14ClN5O/c1-2-17-12(20)7-3-4-8-9(5-7)11(19-13(15)16)18-6-10(8)14/h3-6H,2H2,1H3,(H,17,20)(H4,15,16,18,19). The molecule has 0 aliphatic heterocycles. The van der Waals surface area contributed by atoms with Gasteiger partial charge in [0.05, 0.1) is 5.02 Å². The average Bonchev–Trinajstić information content (AvgIpc) is 2.41. The van der Waals surface area contributed by atoms with Gasteiger partial charge in [-0.2, -0.15) is 4.99 Å². The molecule has 1 amide bonds. The van der Waals surface area contributed by atoms with E-state index in [0.717, 1.165) is 5.39 Å². The van der Waals surface area contributed by atoms with Crippen LogP contribution >= 0.6 is 11.6 Å². The van der Waals surface area contributed by atoms with Crippen molar-refractivity contribution in [1.82, 2.24) is 10.3 Å². The van der Waals surface area contributed by atoms with Gasteiger partial charge in [0.15, 0.2) is 11.8 Å². The van der Waals surface area contributed by atoms with Crippen LogP contribution in [0.5, 0.6) is 0 Å². The second-order valence-electron chi connectivity index (χ2n) is 4.09. The first kappa shape index (κ1) is 14.1. The van der Waals surface area contributed by atoms with E-state index in [1.807, 2.05) is 6.92 Å². The van der Waals surface area contributed by atoms with E-state index in [9.17, 15) is 4.79 Å². The van der Waals surface area contributed by atoms with Crippen molar-refractivity contribution in [3.05, 3.63) is 35.0 Å². The van der Waals surface area contributed by atoms with Gasteiger partial charge in [-0.15, -0.1) is 0 Å². The summed E-state index contributed by atoms with van der Waals surface area (Å²) in [6.45, 7) is 2.40. The minimum atomic E-state index is -0.176. The van der Waals surface area contributed by atoms with Crippen LogP contribution in [-0.2, 0) is 0 Å². The third-order valence-corrected chi connectivity index (χ3v) is 2.95. The number of aromatic nitrogens is 1. The predicted molar refractivity (Wildman–Crippen MR) is 80.2 cm³/mol. The third-order valence-electron chi connectivity index (χ3n) is 2.65. The Morgan fingerprint density at radius 3 is 2.80 bits per heavy atom. The lowest BCUT2D eigenvalue weighted by Gasteiger charge is -2.07. The van der Waals surface area contributed by atoms with Gasteiger partial charge in [0.2, 0.25) is 0 Å². The van der Waals surface area contributed by atoms with Crippen molar-refractivity contribution in [2.45, 2.75) is 6.92 Å². The molecule has 20 heavy (non-hydrogen) atoms. The number of fused-ring (bicyclic) bond motifs is 1. The Hall–Kier alpha value is -2.34. The van der Waals surface area contributed by atoms with Crippen LogP contribution in [0.1, 0.15) is 17.3 Å². The lowest BCUT2D eigenvalue weighted by molar-refractivity contribution is 0.0956. The second-order valence-corrected chi connectivity index (χ2v) is 4.49. The molecular formula is C13H14ClN5O. The molecule has 0 saturated carbocycles. The Morgan fingerprint density at radius 1 is 1.40 bits per heavy atom. The Bertz CT molecular complexity index is 694. The molecule has 1 heterocycles. The van der Waals surface area contributed by atoms with Crippen molar-refractivity contribution < 1.29 is 4.79 Å². The van der Waals surface area contributed by atoms with Crippen LogP contribution in [0, 0.1) is 0 Å². The van der Waals surface area contributed by atoms with Gasteiger partial charge in [0, 0.05) is 29.1 Å². The minimum absolute atomic E-state index is 0.107. The summed E-state index contributed by atoms with van der Waals surface area (Å²) >= 11 is 6.08. The van der Waals surface area contributed by atoms with Crippen LogP contribution in [-0.4, -0.2) is 23.4 Å². The SMILES string of the molecule is CCNC(=O)c1ccc2c(Cl)cnc(N=C(N)N)c2c1. The first-order chi connectivity index (χ1) is 9.52. The van der Waals surface area contributed by atoms with Gasteiger partial charge in [-0.3, -0.25) is 4.79 Å². The van der Waals surface area contributed by atoms with Crippen molar-refractivity contribution in [3.8, 4) is 0 Å². The fraction of sp³-hybridized carbons (Fsp3) is 0.154. The highest BCUT2D eigenvalue weighted by Crippen LogP contribution is 2.30. The van der Waals surface area contributed by atoms with Gasteiger partial charge < -0.3 is 16.8 Å². The highest BCUT2D eigenvalue weighted by atomic mass is 35.5. The van der Waals surface area contributed by atoms with Crippen molar-refractivity contribution in [1.29, 1.82) is 0 Å². The molecule has 6 nitrogen and oxygen atoms in total. The summed E-state index contributed by atoms with van der Waals surface area (Å²) in [6, 6.07) is 5.11. The van der Waals surface area contributed by atoms with Gasteiger partial charge in [-0.25, -0.2) is 4.98 Å². The number of rotatable bonds is 3. The maximum atomic E-state index is 11.9. The number of nitrogens with zero attached hydrogens (tertiary/aromatic N) is 2. The molecule has 0 radical (unpaired) electrons. The molecule has 0 aliphatic carbocycles. The topological polar surface area (TPSA) is 106 Å². The Balaban J connectivity index is 2.64. The molecule has 2 rings (SSSR count). The molecule has 7 heteroatoms. The zero-order chi connectivity index (χ0) is 14.7. The molecule has 104 valence electrons. The van der Waals surface area contributed by atoms with Gasteiger partial charge in [0.25, 0.3) is 5.91 Å². The van der Waals surface area contributed by atoms with E-state index in [-0.39, 0.29) is 11.9 Å². The fourth-order valence-corrected chi connectivity index (χ4v) is 2.02. The summed E-state index contributed by atoms with van der Waals surface area (Å²) in [5.41, 5.74) is 11.2. The Labute approximate surface area is 120 Å². The number of benzene rings is 1. The molecule has 2 aromatic rings. The smallest absolute Gasteiger partial charge is 0.251 e. The number of hydrogen-bond acceptors (Lipinski definition) is 3. The number of aliphatic imine (C=N–C) groups is 1. The number of nitrogens with one attached hydrogen (secondary N) is 1. The number of pyridine rings is 1. The Morgan fingerprint density at radius 2 is 2.15 bits per heavy atom. The summed E-state index contributed by atoms with van der Waals surface area (Å²) in [5.74, 6) is 0.0464. The van der Waals surface area contributed by atoms with E-state index in [2.05, 4.69) is 15.3 Å². The number of carbonyl (C=O) groups excluding carboxylic acids is 1. The number of hydrogen-bond donors (Lipinski definition) is 3. The molecule has 5 N–H and O–H groups in total. The third kappa shape index (κ3) is 2.80. The number of carbonyl (C=O) groups is 1. The number of guanidine groups is 1. The molecule has 0 atom stereocenters.